The van der Waals surface area contributed by atoms with Crippen LogP contribution in [0.25, 0.3) is 0 Å². The molecule has 1 unspecified atom stereocenters. The second kappa shape index (κ2) is 7.09. The number of allylic oxidation sites excluding steroid dienone is 1. The highest BCUT2D eigenvalue weighted by Gasteiger charge is 2.17. The van der Waals surface area contributed by atoms with E-state index in [1.807, 2.05) is 12.1 Å². The number of nitrogens with zero attached hydrogens (tertiary/aromatic N) is 2. The Balaban J connectivity index is 3.26. The lowest BCUT2D eigenvalue weighted by molar-refractivity contribution is 0.256. The summed E-state index contributed by atoms with van der Waals surface area (Å²) in [7, 11) is 0. The van der Waals surface area contributed by atoms with Gasteiger partial charge in [-0.3, -0.25) is 5.41 Å². The quantitative estimate of drug-likeness (QED) is 0.561. The largest absolute Gasteiger partial charge is 0.453 e. The van der Waals surface area contributed by atoms with Crippen molar-refractivity contribution in [2.75, 3.05) is 0 Å². The normalized spacial score (nSPS) is 12.6. The van der Waals surface area contributed by atoms with Crippen LogP contribution < -0.4 is 10.5 Å². The Morgan fingerprint density at radius 2 is 1.86 bits per heavy atom. The molecule has 0 radical (unpaired) electrons. The highest BCUT2D eigenvalue weighted by Crippen LogP contribution is 2.21. The molecule has 0 fully saturated rings. The van der Waals surface area contributed by atoms with Crippen molar-refractivity contribution in [3.8, 4) is 17.9 Å². The van der Waals surface area contributed by atoms with Gasteiger partial charge in [-0.2, -0.15) is 10.5 Å². The van der Waals surface area contributed by atoms with E-state index >= 15 is 0 Å². The van der Waals surface area contributed by atoms with Crippen molar-refractivity contribution in [3.63, 3.8) is 0 Å². The van der Waals surface area contributed by atoms with Crippen LogP contribution in [0.3, 0.4) is 0 Å². The monoisotopic (exact) mass is 284 g/mol. The number of aliphatic hydroxyl groups is 1. The molecular weight excluding hydrogens is 268 g/mol. The summed E-state index contributed by atoms with van der Waals surface area (Å²) >= 11 is 0. The maximum atomic E-state index is 9.52. The molecule has 4 N–H and O–H groups in total. The van der Waals surface area contributed by atoms with Crippen molar-refractivity contribution < 1.29 is 9.84 Å². The Hall–Kier alpha value is -2.83. The van der Waals surface area contributed by atoms with E-state index in [1.165, 1.54) is 25.1 Å². The first-order valence-electron chi connectivity index (χ1n) is 6.31. The fraction of sp³-hybridized carbons (Fsp3) is 0.267. The van der Waals surface area contributed by atoms with E-state index in [0.717, 1.165) is 0 Å². The second-order valence-corrected chi connectivity index (χ2v) is 4.37. The van der Waals surface area contributed by atoms with Gasteiger partial charge in [0.05, 0.1) is 35.1 Å². The second-order valence-electron chi connectivity index (χ2n) is 4.37. The standard InChI is InChI=1S/C15H16N4O2/c1-3-13(18)15(14(19)9(2)20)21-12-5-10(7-16)4-11(6-12)8-17/h4-6,9,19-20H,3,18H2,1-2H3/b15-13+,19-14?. The van der Waals surface area contributed by atoms with E-state index in [9.17, 15) is 5.11 Å². The summed E-state index contributed by atoms with van der Waals surface area (Å²) in [6.45, 7) is 3.22. The van der Waals surface area contributed by atoms with Crippen LogP contribution in [0.15, 0.2) is 29.7 Å². The third-order valence-electron chi connectivity index (χ3n) is 2.72. The summed E-state index contributed by atoms with van der Waals surface area (Å²) in [6.07, 6.45) is -0.604. The van der Waals surface area contributed by atoms with E-state index in [4.69, 9.17) is 26.4 Å². The maximum absolute atomic E-state index is 9.52. The van der Waals surface area contributed by atoms with Gasteiger partial charge >= 0.3 is 0 Å². The predicted molar refractivity (Wildman–Crippen MR) is 77.4 cm³/mol. The zero-order valence-corrected chi connectivity index (χ0v) is 11.8. The van der Waals surface area contributed by atoms with Crippen molar-refractivity contribution >= 4 is 5.71 Å². The Morgan fingerprint density at radius 3 is 2.24 bits per heavy atom. The fourth-order valence-corrected chi connectivity index (χ4v) is 1.55. The molecule has 21 heavy (non-hydrogen) atoms. The smallest absolute Gasteiger partial charge is 0.169 e. The zero-order chi connectivity index (χ0) is 16.0. The number of aliphatic hydroxyl groups excluding tert-OH is 1. The van der Waals surface area contributed by atoms with Gasteiger partial charge in [0, 0.05) is 0 Å². The molecule has 1 aromatic carbocycles. The van der Waals surface area contributed by atoms with Gasteiger partial charge in [-0.15, -0.1) is 0 Å². The van der Waals surface area contributed by atoms with Crippen LogP contribution in [0.2, 0.25) is 0 Å². The number of nitrogens with one attached hydrogen (secondary N) is 1. The number of nitriles is 2. The van der Waals surface area contributed by atoms with Crippen molar-refractivity contribution in [2.24, 2.45) is 5.73 Å². The SMILES string of the molecule is CC/C(N)=C(\Oc1cc(C#N)cc(C#N)c1)C(=N)C(C)O. The van der Waals surface area contributed by atoms with E-state index < -0.39 is 6.10 Å². The van der Waals surface area contributed by atoms with E-state index in [2.05, 4.69) is 0 Å². The third-order valence-corrected chi connectivity index (χ3v) is 2.72. The molecule has 0 spiro atoms. The molecule has 1 atom stereocenters. The van der Waals surface area contributed by atoms with Crippen molar-refractivity contribution in [1.82, 2.24) is 0 Å². The lowest BCUT2D eigenvalue weighted by atomic mass is 10.1. The Kier molecular flexibility index (Phi) is 5.48. The molecule has 0 saturated carbocycles. The Labute approximate surface area is 123 Å². The summed E-state index contributed by atoms with van der Waals surface area (Å²) in [5.74, 6) is 0.272. The van der Waals surface area contributed by atoms with E-state index in [-0.39, 0.29) is 28.3 Å². The minimum atomic E-state index is -1.04. The molecule has 0 saturated heterocycles. The van der Waals surface area contributed by atoms with Gasteiger partial charge in [-0.1, -0.05) is 6.92 Å². The van der Waals surface area contributed by atoms with Crippen molar-refractivity contribution in [1.29, 1.82) is 15.9 Å². The topological polar surface area (TPSA) is 127 Å². The number of ether oxygens (including phenoxy) is 1. The summed E-state index contributed by atoms with van der Waals surface area (Å²) in [5.41, 5.74) is 6.50. The predicted octanol–water partition coefficient (Wildman–Crippen LogP) is 1.79. The molecule has 1 aromatic rings. The lowest BCUT2D eigenvalue weighted by Gasteiger charge is -2.16. The average Bonchev–Trinajstić information content (AvgIpc) is 2.50. The van der Waals surface area contributed by atoms with Gasteiger partial charge in [0.2, 0.25) is 0 Å². The molecular formula is C15H16N4O2. The molecule has 6 nitrogen and oxygen atoms in total. The van der Waals surface area contributed by atoms with Crippen molar-refractivity contribution in [3.05, 3.63) is 40.8 Å². The molecule has 0 bridgehead atoms. The first-order valence-corrected chi connectivity index (χ1v) is 6.31. The van der Waals surface area contributed by atoms with E-state index in [0.29, 0.717) is 12.1 Å². The number of rotatable bonds is 5. The molecule has 0 heterocycles. The number of benzene rings is 1. The maximum Gasteiger partial charge on any atom is 0.169 e. The minimum absolute atomic E-state index is 0.0477. The minimum Gasteiger partial charge on any atom is -0.453 e. The zero-order valence-electron chi connectivity index (χ0n) is 11.8. The van der Waals surface area contributed by atoms with Crippen LogP contribution in [0.4, 0.5) is 0 Å². The molecule has 0 aliphatic heterocycles. The van der Waals surface area contributed by atoms with Crippen LogP contribution in [0, 0.1) is 28.1 Å². The molecule has 0 amide bonds. The van der Waals surface area contributed by atoms with Crippen molar-refractivity contribution in [2.45, 2.75) is 26.4 Å². The lowest BCUT2D eigenvalue weighted by Crippen LogP contribution is -2.24. The highest BCUT2D eigenvalue weighted by molar-refractivity contribution is 5.99. The average molecular weight is 284 g/mol. The molecule has 1 rings (SSSR count). The van der Waals surface area contributed by atoms with Gasteiger partial charge in [-0.05, 0) is 31.5 Å². The van der Waals surface area contributed by atoms with Crippen LogP contribution in [-0.2, 0) is 0 Å². The first kappa shape index (κ1) is 16.2. The van der Waals surface area contributed by atoms with Gasteiger partial charge in [-0.25, -0.2) is 0 Å². The molecule has 0 aliphatic rings. The molecule has 0 aromatic heterocycles. The fourth-order valence-electron chi connectivity index (χ4n) is 1.55. The molecule has 0 aliphatic carbocycles. The summed E-state index contributed by atoms with van der Waals surface area (Å²) in [4.78, 5) is 0. The van der Waals surface area contributed by atoms with Crippen LogP contribution >= 0.6 is 0 Å². The molecule has 6 heteroatoms. The van der Waals surface area contributed by atoms with Crippen LogP contribution in [0.5, 0.6) is 5.75 Å². The van der Waals surface area contributed by atoms with Gasteiger partial charge in [0.1, 0.15) is 11.5 Å². The number of nitrogens with two attached hydrogens (primary N) is 1. The van der Waals surface area contributed by atoms with Gasteiger partial charge in [0.15, 0.2) is 5.76 Å². The van der Waals surface area contributed by atoms with Gasteiger partial charge < -0.3 is 15.6 Å². The van der Waals surface area contributed by atoms with Crippen LogP contribution in [0.1, 0.15) is 31.4 Å². The summed E-state index contributed by atoms with van der Waals surface area (Å²) < 4.78 is 5.54. The van der Waals surface area contributed by atoms with Crippen LogP contribution in [-0.4, -0.2) is 16.9 Å². The number of hydrogen-bond donors (Lipinski definition) is 3. The first-order chi connectivity index (χ1) is 9.92. The van der Waals surface area contributed by atoms with Gasteiger partial charge in [0.25, 0.3) is 0 Å². The molecule has 108 valence electrons. The number of hydrogen-bond acceptors (Lipinski definition) is 6. The van der Waals surface area contributed by atoms with E-state index in [1.54, 1.807) is 6.92 Å². The third kappa shape index (κ3) is 4.07. The summed E-state index contributed by atoms with van der Waals surface area (Å²) in [5, 5.41) is 35.2. The highest BCUT2D eigenvalue weighted by atomic mass is 16.5. The summed E-state index contributed by atoms with van der Waals surface area (Å²) in [6, 6.07) is 8.18. The Bertz CT molecular complexity index is 631. The Morgan fingerprint density at radius 1 is 1.33 bits per heavy atom.